The van der Waals surface area contributed by atoms with Crippen LogP contribution in [-0.4, -0.2) is 29.3 Å². The molecule has 3 amide bonds. The second-order valence-electron chi connectivity index (χ2n) is 9.81. The van der Waals surface area contributed by atoms with Crippen molar-refractivity contribution in [1.29, 1.82) is 0 Å². The highest BCUT2D eigenvalue weighted by atomic mass is 35.5. The van der Waals surface area contributed by atoms with E-state index >= 15 is 0 Å². The zero-order valence-corrected chi connectivity index (χ0v) is 20.1. The van der Waals surface area contributed by atoms with Gasteiger partial charge < -0.3 is 0 Å². The Labute approximate surface area is 214 Å². The Morgan fingerprint density at radius 3 is 2.17 bits per heavy atom. The van der Waals surface area contributed by atoms with Gasteiger partial charge in [-0.05, 0) is 66.5 Å². The van der Waals surface area contributed by atoms with Crippen LogP contribution in [-0.2, 0) is 15.8 Å². The Hall–Kier alpha value is -2.84. The monoisotopic (exact) mass is 534 g/mol. The molecule has 4 aliphatic carbocycles. The standard InChI is InChI=1S/C26H19Cl2F3N2O3/c27-19-7-4-12(8-20(19)28)23(34)32(14-3-1-2-13(9-14)26(29,30)31)11-33-24(35)21-15-5-6-16(18-10-17(15)18)22(21)25(33)36/h1-9,15-18,21-22H,10-11H2. The largest absolute Gasteiger partial charge is 0.416 e. The highest BCUT2D eigenvalue weighted by Gasteiger charge is 2.67. The lowest BCUT2D eigenvalue weighted by atomic mass is 9.63. The number of nitrogens with zero attached hydrogens (tertiary/aromatic N) is 2. The van der Waals surface area contributed by atoms with E-state index in [1.807, 2.05) is 12.2 Å². The van der Waals surface area contributed by atoms with E-state index in [2.05, 4.69) is 0 Å². The molecule has 0 aromatic heterocycles. The molecule has 10 heteroatoms. The van der Waals surface area contributed by atoms with Crippen molar-refractivity contribution < 1.29 is 27.6 Å². The number of likely N-dealkylation sites (tertiary alicyclic amines) is 1. The fourth-order valence-electron chi connectivity index (χ4n) is 6.20. The van der Waals surface area contributed by atoms with Gasteiger partial charge in [0.15, 0.2) is 0 Å². The van der Waals surface area contributed by atoms with E-state index in [-0.39, 0.29) is 44.9 Å². The van der Waals surface area contributed by atoms with Crippen LogP contribution in [0.5, 0.6) is 0 Å². The van der Waals surface area contributed by atoms with E-state index in [1.54, 1.807) is 0 Å². The Bertz CT molecular complexity index is 1310. The summed E-state index contributed by atoms with van der Waals surface area (Å²) in [4.78, 5) is 42.5. The van der Waals surface area contributed by atoms with Gasteiger partial charge in [0.2, 0.25) is 11.8 Å². The summed E-state index contributed by atoms with van der Waals surface area (Å²) in [5.74, 6) is -1.68. The van der Waals surface area contributed by atoms with Crippen LogP contribution < -0.4 is 4.90 Å². The summed E-state index contributed by atoms with van der Waals surface area (Å²) in [5.41, 5.74) is -0.997. The first-order chi connectivity index (χ1) is 17.1. The third kappa shape index (κ3) is 3.57. The minimum Gasteiger partial charge on any atom is -0.290 e. The smallest absolute Gasteiger partial charge is 0.290 e. The molecule has 2 saturated carbocycles. The number of carbonyl (C=O) groups excluding carboxylic acids is 3. The van der Waals surface area contributed by atoms with Gasteiger partial charge in [0, 0.05) is 11.3 Å². The number of hydrogen-bond donors (Lipinski definition) is 0. The van der Waals surface area contributed by atoms with Crippen LogP contribution in [0.1, 0.15) is 22.3 Å². The Morgan fingerprint density at radius 1 is 0.944 bits per heavy atom. The minimum atomic E-state index is -4.64. The molecule has 5 nitrogen and oxygen atoms in total. The van der Waals surface area contributed by atoms with Crippen LogP contribution >= 0.6 is 23.2 Å². The lowest BCUT2D eigenvalue weighted by Crippen LogP contribution is -2.45. The predicted molar refractivity (Wildman–Crippen MR) is 126 cm³/mol. The highest BCUT2D eigenvalue weighted by molar-refractivity contribution is 6.42. The molecule has 1 heterocycles. The van der Waals surface area contributed by atoms with E-state index in [0.29, 0.717) is 11.8 Å². The van der Waals surface area contributed by atoms with Crippen LogP contribution in [0, 0.1) is 35.5 Å². The van der Waals surface area contributed by atoms with Crippen molar-refractivity contribution in [2.45, 2.75) is 12.6 Å². The number of hydrogen-bond acceptors (Lipinski definition) is 3. The third-order valence-corrected chi connectivity index (χ3v) is 8.67. The van der Waals surface area contributed by atoms with E-state index in [0.717, 1.165) is 28.4 Å². The summed E-state index contributed by atoms with van der Waals surface area (Å²) >= 11 is 12.0. The van der Waals surface area contributed by atoms with Crippen LogP contribution in [0.2, 0.25) is 10.0 Å². The topological polar surface area (TPSA) is 57.7 Å². The van der Waals surface area contributed by atoms with Crippen LogP contribution in [0.3, 0.4) is 0 Å². The van der Waals surface area contributed by atoms with Crippen molar-refractivity contribution in [1.82, 2.24) is 4.90 Å². The molecule has 36 heavy (non-hydrogen) atoms. The number of allylic oxidation sites excluding steroid dienone is 2. The first-order valence-corrected chi connectivity index (χ1v) is 12.3. The summed E-state index contributed by atoms with van der Waals surface area (Å²) in [7, 11) is 0. The number of carbonyl (C=O) groups is 3. The number of halogens is 5. The molecular formula is C26H19Cl2F3N2O3. The number of amides is 3. The minimum absolute atomic E-state index is 0.0146. The average Bonchev–Trinajstić information content (AvgIpc) is 3.63. The van der Waals surface area contributed by atoms with Crippen molar-refractivity contribution in [2.75, 3.05) is 11.6 Å². The lowest BCUT2D eigenvalue weighted by molar-refractivity contribution is -0.140. The molecule has 0 radical (unpaired) electrons. The lowest BCUT2D eigenvalue weighted by Gasteiger charge is -2.37. The molecule has 7 rings (SSSR count). The quantitative estimate of drug-likeness (QED) is 0.375. The molecule has 5 aliphatic rings. The van der Waals surface area contributed by atoms with Crippen LogP contribution in [0.4, 0.5) is 18.9 Å². The zero-order chi connectivity index (χ0) is 25.5. The molecule has 6 unspecified atom stereocenters. The second-order valence-corrected chi connectivity index (χ2v) is 10.6. The molecule has 2 bridgehead atoms. The third-order valence-electron chi connectivity index (χ3n) is 7.93. The molecule has 6 atom stereocenters. The average molecular weight is 535 g/mol. The van der Waals surface area contributed by atoms with E-state index in [9.17, 15) is 27.6 Å². The maximum atomic E-state index is 13.6. The fourth-order valence-corrected chi connectivity index (χ4v) is 6.50. The van der Waals surface area contributed by atoms with Gasteiger partial charge in [0.1, 0.15) is 6.67 Å². The molecule has 186 valence electrons. The number of anilines is 1. The van der Waals surface area contributed by atoms with Gasteiger partial charge in [-0.2, -0.15) is 13.2 Å². The fraction of sp³-hybridized carbons (Fsp3) is 0.346. The van der Waals surface area contributed by atoms with Crippen molar-refractivity contribution in [3.05, 3.63) is 75.8 Å². The number of rotatable bonds is 4. The van der Waals surface area contributed by atoms with Crippen molar-refractivity contribution >= 4 is 46.6 Å². The van der Waals surface area contributed by atoms with Crippen molar-refractivity contribution in [3.63, 3.8) is 0 Å². The Kier molecular flexibility index (Phi) is 5.29. The van der Waals surface area contributed by atoms with Crippen molar-refractivity contribution in [3.8, 4) is 0 Å². The molecular weight excluding hydrogens is 516 g/mol. The normalized spacial score (nSPS) is 29.9. The predicted octanol–water partition coefficient (Wildman–Crippen LogP) is 5.67. The van der Waals surface area contributed by atoms with Gasteiger partial charge in [0.25, 0.3) is 5.91 Å². The first-order valence-electron chi connectivity index (χ1n) is 11.5. The maximum Gasteiger partial charge on any atom is 0.416 e. The van der Waals surface area contributed by atoms with Gasteiger partial charge >= 0.3 is 6.18 Å². The molecule has 3 fully saturated rings. The molecule has 2 aromatic rings. The Morgan fingerprint density at radius 2 is 1.58 bits per heavy atom. The van der Waals surface area contributed by atoms with E-state index < -0.39 is 36.2 Å². The molecule has 2 aromatic carbocycles. The van der Waals surface area contributed by atoms with Gasteiger partial charge in [0.05, 0.1) is 27.4 Å². The number of benzene rings is 2. The number of alkyl halides is 3. The number of imide groups is 1. The summed E-state index contributed by atoms with van der Waals surface area (Å²) in [6, 6.07) is 8.33. The van der Waals surface area contributed by atoms with Gasteiger partial charge in [-0.25, -0.2) is 0 Å². The SMILES string of the molecule is O=C1C2C3C=CC(C4CC34)C2C(=O)N1CN(C(=O)c1ccc(Cl)c(Cl)c1)c1cccc(C(F)(F)F)c1. The van der Waals surface area contributed by atoms with E-state index in [1.165, 1.54) is 30.3 Å². The van der Waals surface area contributed by atoms with E-state index in [4.69, 9.17) is 23.2 Å². The first kappa shape index (κ1) is 23.6. The molecule has 0 spiro atoms. The maximum absolute atomic E-state index is 13.6. The summed E-state index contributed by atoms with van der Waals surface area (Å²) in [5, 5.41) is 0.294. The zero-order valence-electron chi connectivity index (χ0n) is 18.6. The molecule has 0 N–H and O–H groups in total. The summed E-state index contributed by atoms with van der Waals surface area (Å²) in [6.07, 6.45) is 0.413. The highest BCUT2D eigenvalue weighted by Crippen LogP contribution is 2.65. The summed E-state index contributed by atoms with van der Waals surface area (Å²) in [6.45, 7) is -0.500. The van der Waals surface area contributed by atoms with Gasteiger partial charge in [-0.15, -0.1) is 0 Å². The molecule has 1 aliphatic heterocycles. The van der Waals surface area contributed by atoms with Gasteiger partial charge in [-0.3, -0.25) is 24.2 Å². The van der Waals surface area contributed by atoms with Crippen LogP contribution in [0.15, 0.2) is 54.6 Å². The van der Waals surface area contributed by atoms with Gasteiger partial charge in [-0.1, -0.05) is 41.4 Å². The molecule has 1 saturated heterocycles. The van der Waals surface area contributed by atoms with Crippen LogP contribution in [0.25, 0.3) is 0 Å². The summed E-state index contributed by atoms with van der Waals surface area (Å²) < 4.78 is 40.4. The Balaban J connectivity index is 1.37. The second kappa shape index (κ2) is 8.08. The van der Waals surface area contributed by atoms with Crippen molar-refractivity contribution in [2.24, 2.45) is 35.5 Å².